The van der Waals surface area contributed by atoms with Crippen LogP contribution in [0.25, 0.3) is 0 Å². The number of benzene rings is 2. The van der Waals surface area contributed by atoms with Crippen molar-refractivity contribution in [1.82, 2.24) is 5.32 Å². The van der Waals surface area contributed by atoms with Crippen LogP contribution < -0.4 is 15.5 Å². The van der Waals surface area contributed by atoms with E-state index in [2.05, 4.69) is 15.5 Å². The molecule has 0 saturated carbocycles. The Hall–Kier alpha value is -2.91. The standard InChI is InChI=1S/C25H33N3O5S/c1-3-7-23(25(30)26-20-8-6-9-21(18-20)28-14-4-5-15-28)27-24(29)19-10-12-22(13-11-19)34(31,32)17-16-33-2/h6,8-13,18,23H,3-5,7,14-17H2,1-2H3,(H,26,30)(H,27,29). The third-order valence-corrected chi connectivity index (χ3v) is 7.51. The van der Waals surface area contributed by atoms with Gasteiger partial charge in [0.15, 0.2) is 9.84 Å². The predicted molar refractivity (Wildman–Crippen MR) is 133 cm³/mol. The summed E-state index contributed by atoms with van der Waals surface area (Å²) in [6.07, 6.45) is 3.53. The van der Waals surface area contributed by atoms with Crippen LogP contribution in [0.1, 0.15) is 43.0 Å². The minimum absolute atomic E-state index is 0.0965. The quantitative estimate of drug-likeness (QED) is 0.504. The average Bonchev–Trinajstić information content (AvgIpc) is 3.38. The van der Waals surface area contributed by atoms with E-state index in [1.54, 1.807) is 0 Å². The van der Waals surface area contributed by atoms with Crippen molar-refractivity contribution in [2.75, 3.05) is 42.8 Å². The van der Waals surface area contributed by atoms with E-state index < -0.39 is 21.8 Å². The summed E-state index contributed by atoms with van der Waals surface area (Å²) in [4.78, 5) is 28.2. The van der Waals surface area contributed by atoms with Gasteiger partial charge in [-0.2, -0.15) is 0 Å². The highest BCUT2D eigenvalue weighted by atomic mass is 32.2. The van der Waals surface area contributed by atoms with Crippen molar-refractivity contribution in [3.8, 4) is 0 Å². The van der Waals surface area contributed by atoms with Gasteiger partial charge in [0.25, 0.3) is 5.91 Å². The molecule has 0 spiro atoms. The Morgan fingerprint density at radius 2 is 1.79 bits per heavy atom. The number of ether oxygens (including phenoxy) is 1. The number of hydrogen-bond acceptors (Lipinski definition) is 6. The number of carbonyl (C=O) groups excluding carboxylic acids is 2. The van der Waals surface area contributed by atoms with Crippen LogP contribution in [-0.4, -0.2) is 58.8 Å². The van der Waals surface area contributed by atoms with Crippen LogP contribution in [0, 0.1) is 0 Å². The Morgan fingerprint density at radius 3 is 2.44 bits per heavy atom. The van der Waals surface area contributed by atoms with Crippen LogP contribution in [0.2, 0.25) is 0 Å². The summed E-state index contributed by atoms with van der Waals surface area (Å²) in [7, 11) is -2.04. The topological polar surface area (TPSA) is 105 Å². The molecule has 1 aliphatic rings. The SMILES string of the molecule is CCCC(NC(=O)c1ccc(S(=O)(=O)CCOC)cc1)C(=O)Nc1cccc(N2CCCC2)c1. The first-order valence-electron chi connectivity index (χ1n) is 11.6. The van der Waals surface area contributed by atoms with Gasteiger partial charge in [0.05, 0.1) is 17.3 Å². The molecule has 2 amide bonds. The smallest absolute Gasteiger partial charge is 0.251 e. The highest BCUT2D eigenvalue weighted by molar-refractivity contribution is 7.91. The van der Waals surface area contributed by atoms with E-state index in [4.69, 9.17) is 4.74 Å². The molecule has 184 valence electrons. The summed E-state index contributed by atoms with van der Waals surface area (Å²) in [6.45, 7) is 4.07. The summed E-state index contributed by atoms with van der Waals surface area (Å²) in [5, 5.41) is 5.71. The summed E-state index contributed by atoms with van der Waals surface area (Å²) < 4.78 is 29.4. The van der Waals surface area contributed by atoms with Crippen molar-refractivity contribution in [2.45, 2.75) is 43.5 Å². The van der Waals surface area contributed by atoms with E-state index in [0.29, 0.717) is 18.5 Å². The molecule has 0 aromatic heterocycles. The van der Waals surface area contributed by atoms with Gasteiger partial charge in [0.1, 0.15) is 6.04 Å². The Morgan fingerprint density at radius 1 is 1.09 bits per heavy atom. The fourth-order valence-corrected chi connectivity index (χ4v) is 5.08. The molecule has 0 radical (unpaired) electrons. The highest BCUT2D eigenvalue weighted by Crippen LogP contribution is 2.23. The van der Waals surface area contributed by atoms with Crippen LogP contribution >= 0.6 is 0 Å². The minimum Gasteiger partial charge on any atom is -0.384 e. The van der Waals surface area contributed by atoms with Crippen molar-refractivity contribution in [3.63, 3.8) is 0 Å². The zero-order chi connectivity index (χ0) is 24.6. The Labute approximate surface area is 201 Å². The largest absolute Gasteiger partial charge is 0.384 e. The lowest BCUT2D eigenvalue weighted by Gasteiger charge is -2.20. The van der Waals surface area contributed by atoms with E-state index >= 15 is 0 Å². The van der Waals surface area contributed by atoms with Crippen molar-refractivity contribution < 1.29 is 22.7 Å². The number of hydrogen-bond donors (Lipinski definition) is 2. The van der Waals surface area contributed by atoms with Crippen LogP contribution in [0.5, 0.6) is 0 Å². The van der Waals surface area contributed by atoms with Crippen LogP contribution in [0.15, 0.2) is 53.4 Å². The number of rotatable bonds is 11. The number of nitrogens with one attached hydrogen (secondary N) is 2. The second-order valence-corrected chi connectivity index (χ2v) is 10.5. The molecule has 3 rings (SSSR count). The second-order valence-electron chi connectivity index (χ2n) is 8.38. The van der Waals surface area contributed by atoms with Gasteiger partial charge in [-0.15, -0.1) is 0 Å². The summed E-state index contributed by atoms with van der Waals surface area (Å²) >= 11 is 0. The number of carbonyl (C=O) groups is 2. The van der Waals surface area contributed by atoms with E-state index in [1.165, 1.54) is 44.2 Å². The van der Waals surface area contributed by atoms with Crippen molar-refractivity contribution in [1.29, 1.82) is 0 Å². The Kier molecular flexibility index (Phi) is 9.06. The fourth-order valence-electron chi connectivity index (χ4n) is 3.91. The van der Waals surface area contributed by atoms with Gasteiger partial charge in [0.2, 0.25) is 5.91 Å². The molecule has 1 atom stereocenters. The van der Waals surface area contributed by atoms with E-state index in [1.807, 2.05) is 31.2 Å². The van der Waals surface area contributed by atoms with Gasteiger partial charge >= 0.3 is 0 Å². The molecule has 34 heavy (non-hydrogen) atoms. The number of nitrogens with zero attached hydrogens (tertiary/aromatic N) is 1. The summed E-state index contributed by atoms with van der Waals surface area (Å²) in [6, 6.07) is 12.7. The lowest BCUT2D eigenvalue weighted by Crippen LogP contribution is -2.43. The van der Waals surface area contributed by atoms with E-state index in [0.717, 1.165) is 18.8 Å². The molecule has 0 bridgehead atoms. The first-order valence-corrected chi connectivity index (χ1v) is 13.3. The number of methoxy groups -OCH3 is 1. The molecule has 1 aliphatic heterocycles. The lowest BCUT2D eigenvalue weighted by atomic mass is 10.1. The molecule has 9 heteroatoms. The van der Waals surface area contributed by atoms with Crippen LogP contribution in [0.4, 0.5) is 11.4 Å². The number of amides is 2. The van der Waals surface area contributed by atoms with Gasteiger partial charge in [-0.3, -0.25) is 9.59 Å². The minimum atomic E-state index is -3.48. The van der Waals surface area contributed by atoms with Crippen LogP contribution in [0.3, 0.4) is 0 Å². The third-order valence-electron chi connectivity index (χ3n) is 5.82. The Balaban J connectivity index is 1.65. The van der Waals surface area contributed by atoms with Gasteiger partial charge in [-0.1, -0.05) is 19.4 Å². The first-order chi connectivity index (χ1) is 16.3. The molecule has 1 heterocycles. The monoisotopic (exact) mass is 487 g/mol. The van der Waals surface area contributed by atoms with Gasteiger partial charge in [-0.05, 0) is 61.7 Å². The molecule has 1 saturated heterocycles. The molecule has 2 aromatic carbocycles. The van der Waals surface area contributed by atoms with E-state index in [9.17, 15) is 18.0 Å². The molecular formula is C25H33N3O5S. The summed E-state index contributed by atoms with van der Waals surface area (Å²) in [5.74, 6) is -0.847. The van der Waals surface area contributed by atoms with Crippen molar-refractivity contribution in [3.05, 3.63) is 54.1 Å². The fraction of sp³-hybridized carbons (Fsp3) is 0.440. The Bertz CT molecular complexity index is 1080. The molecule has 1 unspecified atom stereocenters. The second kappa shape index (κ2) is 12.0. The molecule has 2 N–H and O–H groups in total. The van der Waals surface area contributed by atoms with E-state index in [-0.39, 0.29) is 28.7 Å². The highest BCUT2D eigenvalue weighted by Gasteiger charge is 2.22. The molecular weight excluding hydrogens is 454 g/mol. The maximum atomic E-state index is 13.0. The molecule has 1 fully saturated rings. The number of sulfone groups is 1. The molecule has 8 nitrogen and oxygen atoms in total. The van der Waals surface area contributed by atoms with Crippen molar-refractivity contribution in [2.24, 2.45) is 0 Å². The normalized spacial score (nSPS) is 14.6. The van der Waals surface area contributed by atoms with Gasteiger partial charge in [0, 0.05) is 37.1 Å². The maximum absolute atomic E-state index is 13.0. The molecule has 2 aromatic rings. The zero-order valence-electron chi connectivity index (χ0n) is 19.7. The zero-order valence-corrected chi connectivity index (χ0v) is 20.6. The first kappa shape index (κ1) is 25.7. The average molecular weight is 488 g/mol. The number of anilines is 2. The van der Waals surface area contributed by atoms with Crippen molar-refractivity contribution >= 4 is 33.0 Å². The van der Waals surface area contributed by atoms with Crippen LogP contribution in [-0.2, 0) is 19.4 Å². The predicted octanol–water partition coefficient (Wildman–Crippen LogP) is 3.24. The lowest BCUT2D eigenvalue weighted by molar-refractivity contribution is -0.118. The maximum Gasteiger partial charge on any atom is 0.251 e. The van der Waals surface area contributed by atoms with Gasteiger partial charge in [-0.25, -0.2) is 8.42 Å². The summed E-state index contributed by atoms with van der Waals surface area (Å²) in [5.41, 5.74) is 2.05. The van der Waals surface area contributed by atoms with Gasteiger partial charge < -0.3 is 20.3 Å². The molecule has 0 aliphatic carbocycles. The third kappa shape index (κ3) is 6.80.